The Morgan fingerprint density at radius 3 is 2.24 bits per heavy atom. The molecule has 0 N–H and O–H groups in total. The number of halogens is 2. The molecule has 2 amide bonds. The van der Waals surface area contributed by atoms with Crippen LogP contribution in [0.2, 0.25) is 0 Å². The second-order valence-electron chi connectivity index (χ2n) is 4.19. The van der Waals surface area contributed by atoms with E-state index in [2.05, 4.69) is 0 Å². The van der Waals surface area contributed by atoms with Gasteiger partial charge in [0.2, 0.25) is 5.91 Å². The monoisotopic (exact) mass is 265 g/mol. The quantitative estimate of drug-likeness (QED) is 0.661. The van der Waals surface area contributed by atoms with Gasteiger partial charge in [-0.25, -0.2) is 4.39 Å². The molecule has 1 atom stereocenters. The topological polar surface area (TPSA) is 43.9 Å². The molecule has 0 aliphatic carbocycles. The van der Waals surface area contributed by atoms with Gasteiger partial charge in [-0.05, 0) is 0 Å². The van der Waals surface area contributed by atoms with Crippen molar-refractivity contribution in [3.8, 4) is 0 Å². The van der Waals surface area contributed by atoms with E-state index in [-0.39, 0.29) is 5.91 Å². The van der Waals surface area contributed by atoms with Crippen LogP contribution in [0.3, 0.4) is 0 Å². The zero-order chi connectivity index (χ0) is 13.0. The largest absolute Gasteiger partial charge is 0.348 e. The van der Waals surface area contributed by atoms with Gasteiger partial charge < -0.3 is 9.80 Å². The Balaban J connectivity index is 2.36. The van der Waals surface area contributed by atoms with Gasteiger partial charge in [-0.2, -0.15) is 0 Å². The number of carbonyl (C=O) groups excluding carboxylic acids is 2. The van der Waals surface area contributed by atoms with Crippen molar-refractivity contribution in [2.45, 2.75) is 5.63 Å². The molecule has 0 aromatic carbocycles. The lowest BCUT2D eigenvalue weighted by molar-refractivity contribution is -0.136. The van der Waals surface area contributed by atoms with Crippen molar-refractivity contribution in [3.63, 3.8) is 0 Å². The molecular weight excluding hydrogens is 249 g/mol. The van der Waals surface area contributed by atoms with Gasteiger partial charge in [0.15, 0.2) is 0 Å². The van der Waals surface area contributed by atoms with Crippen LogP contribution in [0.5, 0.6) is 0 Å². The summed E-state index contributed by atoms with van der Waals surface area (Å²) in [5, 5.41) is 0. The second-order valence-corrected chi connectivity index (χ2v) is 4.57. The third kappa shape index (κ3) is 4.12. The van der Waals surface area contributed by atoms with E-state index in [0.29, 0.717) is 32.7 Å². The van der Waals surface area contributed by atoms with Crippen molar-refractivity contribution in [1.29, 1.82) is 0 Å². The maximum Gasteiger partial charge on any atom is 0.272 e. The van der Waals surface area contributed by atoms with Gasteiger partial charge in [-0.15, -0.1) is 0 Å². The number of nitrogens with zero attached hydrogens (tertiary/aromatic N) is 3. The van der Waals surface area contributed by atoms with Gasteiger partial charge in [0.1, 0.15) is 0 Å². The highest BCUT2D eigenvalue weighted by molar-refractivity contribution is 6.29. The molecule has 5 nitrogen and oxygen atoms in total. The normalized spacial score (nSPS) is 18.9. The fraction of sp³-hybridized carbons (Fsp3) is 0.800. The fourth-order valence-corrected chi connectivity index (χ4v) is 1.74. The molecule has 1 aliphatic rings. The molecule has 0 aromatic rings. The molecule has 0 spiro atoms. The van der Waals surface area contributed by atoms with Crippen molar-refractivity contribution in [3.05, 3.63) is 0 Å². The summed E-state index contributed by atoms with van der Waals surface area (Å²) in [6, 6.07) is 0. The lowest BCUT2D eigenvalue weighted by Gasteiger charge is -2.34. The molecule has 98 valence electrons. The summed E-state index contributed by atoms with van der Waals surface area (Å²) >= 11 is 5.09. The summed E-state index contributed by atoms with van der Waals surface area (Å²) in [5.41, 5.74) is -1.97. The molecule has 0 radical (unpaired) electrons. The summed E-state index contributed by atoms with van der Waals surface area (Å²) in [4.78, 5) is 27.6. The van der Waals surface area contributed by atoms with Crippen molar-refractivity contribution in [1.82, 2.24) is 14.7 Å². The van der Waals surface area contributed by atoms with Crippen LogP contribution < -0.4 is 0 Å². The van der Waals surface area contributed by atoms with Crippen LogP contribution in [0, 0.1) is 0 Å². The highest BCUT2D eigenvalue weighted by Gasteiger charge is 2.26. The van der Waals surface area contributed by atoms with Gasteiger partial charge in [0.25, 0.3) is 11.5 Å². The van der Waals surface area contributed by atoms with Crippen LogP contribution in [0.15, 0.2) is 0 Å². The molecule has 1 saturated heterocycles. The molecule has 1 unspecified atom stereocenters. The van der Waals surface area contributed by atoms with Crippen LogP contribution in [-0.4, -0.2) is 79.0 Å². The summed E-state index contributed by atoms with van der Waals surface area (Å²) in [5.74, 6) is -0.671. The average Bonchev–Trinajstić information content (AvgIpc) is 2.28. The molecule has 0 aromatic heterocycles. The van der Waals surface area contributed by atoms with Crippen LogP contribution in [0.4, 0.5) is 4.39 Å². The Hall–Kier alpha value is -0.880. The maximum absolute atomic E-state index is 12.6. The number of rotatable bonds is 3. The van der Waals surface area contributed by atoms with E-state index < -0.39 is 11.5 Å². The fourth-order valence-electron chi connectivity index (χ4n) is 1.60. The Labute approximate surface area is 105 Å². The van der Waals surface area contributed by atoms with Gasteiger partial charge in [0, 0.05) is 40.3 Å². The third-order valence-corrected chi connectivity index (χ3v) is 2.91. The molecule has 0 bridgehead atoms. The lowest BCUT2D eigenvalue weighted by Crippen LogP contribution is -2.52. The van der Waals surface area contributed by atoms with Gasteiger partial charge in [0.05, 0.1) is 6.54 Å². The van der Waals surface area contributed by atoms with E-state index >= 15 is 0 Å². The molecule has 1 aliphatic heterocycles. The number of piperazine rings is 1. The lowest BCUT2D eigenvalue weighted by atomic mass is 10.3. The number of alkyl halides is 2. The van der Waals surface area contributed by atoms with E-state index in [0.717, 1.165) is 0 Å². The van der Waals surface area contributed by atoms with Crippen molar-refractivity contribution < 1.29 is 14.0 Å². The smallest absolute Gasteiger partial charge is 0.272 e. The molecule has 17 heavy (non-hydrogen) atoms. The number of hydrogen-bond donors (Lipinski definition) is 0. The van der Waals surface area contributed by atoms with Crippen LogP contribution in [0.1, 0.15) is 0 Å². The highest BCUT2D eigenvalue weighted by atomic mass is 35.5. The average molecular weight is 266 g/mol. The van der Waals surface area contributed by atoms with E-state index in [1.165, 1.54) is 9.80 Å². The summed E-state index contributed by atoms with van der Waals surface area (Å²) in [7, 11) is 3.40. The Morgan fingerprint density at radius 2 is 1.82 bits per heavy atom. The summed E-state index contributed by atoms with van der Waals surface area (Å²) in [6.07, 6.45) is 0. The first kappa shape index (κ1) is 14.2. The number of hydrogen-bond acceptors (Lipinski definition) is 3. The number of carbonyl (C=O) groups is 2. The van der Waals surface area contributed by atoms with E-state index in [1.807, 2.05) is 4.90 Å². The van der Waals surface area contributed by atoms with Crippen molar-refractivity contribution in [2.24, 2.45) is 0 Å². The highest BCUT2D eigenvalue weighted by Crippen LogP contribution is 2.08. The molecule has 7 heteroatoms. The summed E-state index contributed by atoms with van der Waals surface area (Å²) in [6.45, 7) is 2.28. The molecular formula is C10H17ClFN3O2. The first-order chi connectivity index (χ1) is 7.91. The first-order valence-corrected chi connectivity index (χ1v) is 5.85. The zero-order valence-corrected chi connectivity index (χ0v) is 10.8. The molecule has 1 fully saturated rings. The van der Waals surface area contributed by atoms with Crippen LogP contribution in [0.25, 0.3) is 0 Å². The van der Waals surface area contributed by atoms with Crippen molar-refractivity contribution in [2.75, 3.05) is 46.8 Å². The van der Waals surface area contributed by atoms with Gasteiger partial charge in [-0.1, -0.05) is 11.6 Å². The van der Waals surface area contributed by atoms with Gasteiger partial charge in [-0.3, -0.25) is 14.5 Å². The minimum Gasteiger partial charge on any atom is -0.348 e. The third-order valence-electron chi connectivity index (χ3n) is 2.73. The van der Waals surface area contributed by atoms with E-state index in [4.69, 9.17) is 11.6 Å². The van der Waals surface area contributed by atoms with Gasteiger partial charge >= 0.3 is 0 Å². The van der Waals surface area contributed by atoms with E-state index in [9.17, 15) is 14.0 Å². The van der Waals surface area contributed by atoms with Crippen LogP contribution >= 0.6 is 11.6 Å². The van der Waals surface area contributed by atoms with Crippen LogP contribution in [-0.2, 0) is 9.59 Å². The van der Waals surface area contributed by atoms with E-state index in [1.54, 1.807) is 14.1 Å². The Kier molecular flexibility index (Phi) is 5.14. The standard InChI is InChI=1S/C10H17ClFN3O2/c1-13(2)8(16)7-14-3-5-15(6-4-14)10(17)9(11)12/h9H,3-7H2,1-2H3. The molecule has 1 heterocycles. The number of amides is 2. The predicted octanol–water partition coefficient (Wildman–Crippen LogP) is -0.247. The Morgan fingerprint density at radius 1 is 1.29 bits per heavy atom. The number of likely N-dealkylation sites (N-methyl/N-ethyl adjacent to an activating group) is 1. The minimum absolute atomic E-state index is 0.0190. The minimum atomic E-state index is -1.97. The zero-order valence-electron chi connectivity index (χ0n) is 10.0. The summed E-state index contributed by atoms with van der Waals surface area (Å²) < 4.78 is 12.6. The SMILES string of the molecule is CN(C)C(=O)CN1CCN(C(=O)C(F)Cl)CC1. The maximum atomic E-state index is 12.6. The molecule has 1 rings (SSSR count). The van der Waals surface area contributed by atoms with Crippen molar-refractivity contribution >= 4 is 23.4 Å². The Bertz CT molecular complexity index is 291. The first-order valence-electron chi connectivity index (χ1n) is 5.41. The predicted molar refractivity (Wildman–Crippen MR) is 62.5 cm³/mol. The molecule has 0 saturated carbocycles. The second kappa shape index (κ2) is 6.16.